The molecule has 1 unspecified atom stereocenters. The van der Waals surface area contributed by atoms with Gasteiger partial charge in [-0.1, -0.05) is 50.0 Å². The van der Waals surface area contributed by atoms with Crippen LogP contribution in [-0.2, 0) is 4.79 Å². The number of benzene rings is 1. The van der Waals surface area contributed by atoms with Crippen molar-refractivity contribution in [3.63, 3.8) is 0 Å². The van der Waals surface area contributed by atoms with Crippen LogP contribution in [0.2, 0.25) is 10.2 Å². The van der Waals surface area contributed by atoms with Gasteiger partial charge in [-0.3, -0.25) is 4.79 Å². The van der Waals surface area contributed by atoms with Crippen LogP contribution in [0.4, 0.5) is 11.5 Å². The minimum atomic E-state index is -0.0102. The smallest absolute Gasteiger partial charge is 0.255 e. The van der Waals surface area contributed by atoms with Gasteiger partial charge >= 0.3 is 0 Å². The van der Waals surface area contributed by atoms with Crippen LogP contribution in [0, 0.1) is 5.41 Å². The monoisotopic (exact) mass is 446 g/mol. The van der Waals surface area contributed by atoms with E-state index in [-0.39, 0.29) is 22.5 Å². The molecule has 4 rings (SSSR count). The van der Waals surface area contributed by atoms with E-state index in [1.54, 1.807) is 15.5 Å². The molecule has 3 aromatic rings. The van der Waals surface area contributed by atoms with Crippen molar-refractivity contribution in [2.24, 2.45) is 5.41 Å². The average molecular weight is 447 g/mol. The Balaban J connectivity index is 1.85. The Morgan fingerprint density at radius 1 is 1.23 bits per heavy atom. The van der Waals surface area contributed by atoms with Crippen LogP contribution in [-0.4, -0.2) is 38.1 Å². The van der Waals surface area contributed by atoms with E-state index in [1.165, 1.54) is 6.33 Å². The van der Waals surface area contributed by atoms with E-state index < -0.39 is 0 Å². The number of nitrogens with one attached hydrogen (secondary N) is 1. The summed E-state index contributed by atoms with van der Waals surface area (Å²) in [7, 11) is 0. The molecule has 1 saturated heterocycles. The van der Waals surface area contributed by atoms with E-state index in [0.717, 1.165) is 12.1 Å². The van der Waals surface area contributed by atoms with Gasteiger partial charge in [0, 0.05) is 30.3 Å². The summed E-state index contributed by atoms with van der Waals surface area (Å²) >= 11 is 13.3. The molecule has 9 heteroatoms. The van der Waals surface area contributed by atoms with E-state index >= 15 is 0 Å². The Bertz CT molecular complexity index is 1120. The second-order valence-corrected chi connectivity index (χ2v) is 9.41. The topological polar surface area (TPSA) is 75.4 Å². The third-order valence-electron chi connectivity index (χ3n) is 5.64. The van der Waals surface area contributed by atoms with Gasteiger partial charge in [-0.15, -0.1) is 0 Å². The first-order valence-electron chi connectivity index (χ1n) is 9.93. The van der Waals surface area contributed by atoms with Crippen LogP contribution < -0.4 is 10.2 Å². The van der Waals surface area contributed by atoms with Crippen LogP contribution in [0.25, 0.3) is 16.9 Å². The van der Waals surface area contributed by atoms with Crippen molar-refractivity contribution in [2.75, 3.05) is 16.8 Å². The molecule has 1 N–H and O–H groups in total. The Hall–Kier alpha value is -2.38. The zero-order valence-electron chi connectivity index (χ0n) is 17.4. The van der Waals surface area contributed by atoms with Gasteiger partial charge in [0.2, 0.25) is 5.91 Å². The highest BCUT2D eigenvalue weighted by molar-refractivity contribution is 6.36. The second kappa shape index (κ2) is 7.71. The van der Waals surface area contributed by atoms with Crippen molar-refractivity contribution in [3.05, 3.63) is 34.7 Å². The third-order valence-corrected chi connectivity index (χ3v) is 6.23. The molecule has 0 saturated carbocycles. The van der Waals surface area contributed by atoms with E-state index in [0.29, 0.717) is 40.7 Å². The number of aromatic nitrogens is 4. The number of carbonyl (C=O) groups excluding carboxylic acids is 1. The fourth-order valence-electron chi connectivity index (χ4n) is 3.41. The highest BCUT2D eigenvalue weighted by atomic mass is 35.5. The summed E-state index contributed by atoms with van der Waals surface area (Å²) in [6.45, 7) is 9.27. The molecule has 30 heavy (non-hydrogen) atoms. The van der Waals surface area contributed by atoms with E-state index in [1.807, 2.05) is 12.1 Å². The molecule has 2 aromatic heterocycles. The van der Waals surface area contributed by atoms with Crippen molar-refractivity contribution < 1.29 is 4.79 Å². The van der Waals surface area contributed by atoms with Gasteiger partial charge in [0.25, 0.3) is 5.78 Å². The first kappa shape index (κ1) is 20.9. The summed E-state index contributed by atoms with van der Waals surface area (Å²) < 4.78 is 1.64. The van der Waals surface area contributed by atoms with Gasteiger partial charge in [-0.2, -0.15) is 19.6 Å². The highest BCUT2D eigenvalue weighted by Crippen LogP contribution is 2.41. The van der Waals surface area contributed by atoms with E-state index in [9.17, 15) is 4.79 Å². The first-order valence-corrected chi connectivity index (χ1v) is 10.7. The molecule has 1 fully saturated rings. The zero-order chi connectivity index (χ0) is 21.6. The summed E-state index contributed by atoms with van der Waals surface area (Å²) in [5.74, 6) is 1.20. The van der Waals surface area contributed by atoms with Crippen LogP contribution >= 0.6 is 23.2 Å². The third kappa shape index (κ3) is 3.72. The van der Waals surface area contributed by atoms with Crippen LogP contribution in [0.5, 0.6) is 0 Å². The largest absolute Gasteiger partial charge is 0.366 e. The van der Waals surface area contributed by atoms with Gasteiger partial charge in [-0.05, 0) is 30.9 Å². The molecule has 1 atom stereocenters. The SMILES string of the molecule is CC(Nc1c(-c2ccc(N3CCCC3=O)cc2Cl)c(Cl)nc2ncnn12)C(C)(C)C. The zero-order valence-corrected chi connectivity index (χ0v) is 18.9. The lowest BCUT2D eigenvalue weighted by Gasteiger charge is -2.30. The van der Waals surface area contributed by atoms with Crippen molar-refractivity contribution in [1.82, 2.24) is 19.6 Å². The maximum Gasteiger partial charge on any atom is 0.255 e. The van der Waals surface area contributed by atoms with Gasteiger partial charge in [0.1, 0.15) is 17.3 Å². The lowest BCUT2D eigenvalue weighted by Crippen LogP contribution is -2.32. The summed E-state index contributed by atoms with van der Waals surface area (Å²) in [5.41, 5.74) is 2.14. The lowest BCUT2D eigenvalue weighted by atomic mass is 9.88. The van der Waals surface area contributed by atoms with Gasteiger partial charge in [-0.25, -0.2) is 0 Å². The van der Waals surface area contributed by atoms with Crippen LogP contribution in [0.1, 0.15) is 40.5 Å². The summed E-state index contributed by atoms with van der Waals surface area (Å²) in [6, 6.07) is 5.67. The molecular formula is C21H24Cl2N6O. The Morgan fingerprint density at radius 2 is 2.00 bits per heavy atom. The van der Waals surface area contributed by atoms with Gasteiger partial charge < -0.3 is 10.2 Å². The summed E-state index contributed by atoms with van der Waals surface area (Å²) in [6.07, 6.45) is 2.87. The fourth-order valence-corrected chi connectivity index (χ4v) is 3.94. The number of hydrogen-bond donors (Lipinski definition) is 1. The highest BCUT2D eigenvalue weighted by Gasteiger charge is 2.27. The van der Waals surface area contributed by atoms with Crippen molar-refractivity contribution in [2.45, 2.75) is 46.6 Å². The second-order valence-electron chi connectivity index (χ2n) is 8.64. The van der Waals surface area contributed by atoms with Crippen LogP contribution in [0.3, 0.4) is 0 Å². The molecular weight excluding hydrogens is 423 g/mol. The molecule has 0 bridgehead atoms. The predicted octanol–water partition coefficient (Wildman–Crippen LogP) is 5.07. The number of anilines is 2. The molecule has 0 radical (unpaired) electrons. The number of fused-ring (bicyclic) bond motifs is 1. The standard InChI is InChI=1S/C21H24Cl2N6O/c1-12(21(2,3)4)26-19-17(18(23)27-20-24-11-25-29(19)20)14-8-7-13(10-15(14)22)28-9-5-6-16(28)30/h7-8,10-12,26H,5-6,9H2,1-4H3. The number of amides is 1. The Labute approximate surface area is 185 Å². The summed E-state index contributed by atoms with van der Waals surface area (Å²) in [4.78, 5) is 22.4. The fraction of sp³-hybridized carbons (Fsp3) is 0.429. The maximum atomic E-state index is 12.1. The Morgan fingerprint density at radius 3 is 2.63 bits per heavy atom. The summed E-state index contributed by atoms with van der Waals surface area (Å²) in [5, 5.41) is 8.63. The maximum absolute atomic E-state index is 12.1. The lowest BCUT2D eigenvalue weighted by molar-refractivity contribution is -0.117. The predicted molar refractivity (Wildman–Crippen MR) is 120 cm³/mol. The molecule has 158 valence electrons. The molecule has 1 aromatic carbocycles. The average Bonchev–Trinajstić information content (AvgIpc) is 3.30. The van der Waals surface area contributed by atoms with Crippen molar-refractivity contribution in [3.8, 4) is 11.1 Å². The molecule has 7 nitrogen and oxygen atoms in total. The number of rotatable bonds is 4. The number of nitrogens with zero attached hydrogens (tertiary/aromatic N) is 5. The van der Waals surface area contributed by atoms with E-state index in [2.05, 4.69) is 48.1 Å². The first-order chi connectivity index (χ1) is 14.2. The van der Waals surface area contributed by atoms with Gasteiger partial charge in [0.15, 0.2) is 0 Å². The molecule has 3 heterocycles. The van der Waals surface area contributed by atoms with Crippen LogP contribution in [0.15, 0.2) is 24.5 Å². The quantitative estimate of drug-likeness (QED) is 0.565. The van der Waals surface area contributed by atoms with Crippen molar-refractivity contribution in [1.29, 1.82) is 0 Å². The Kier molecular flexibility index (Phi) is 5.36. The molecule has 0 spiro atoms. The normalized spacial score (nSPS) is 15.8. The molecule has 1 amide bonds. The minimum absolute atomic E-state index is 0.0102. The van der Waals surface area contributed by atoms with Crippen molar-refractivity contribution >= 4 is 46.4 Å². The molecule has 1 aliphatic rings. The number of halogens is 2. The van der Waals surface area contributed by atoms with Gasteiger partial charge in [0.05, 0.1) is 10.6 Å². The minimum Gasteiger partial charge on any atom is -0.366 e. The van der Waals surface area contributed by atoms with E-state index in [4.69, 9.17) is 23.2 Å². The molecule has 0 aliphatic carbocycles. The molecule has 1 aliphatic heterocycles. The number of carbonyl (C=O) groups is 1. The number of hydrogen-bond acceptors (Lipinski definition) is 5.